The fourth-order valence-electron chi connectivity index (χ4n) is 2.50. The van der Waals surface area contributed by atoms with E-state index >= 15 is 0 Å². The average Bonchev–Trinajstić information content (AvgIpc) is 2.76. The van der Waals surface area contributed by atoms with Gasteiger partial charge in [-0.25, -0.2) is 0 Å². The van der Waals surface area contributed by atoms with Crippen LogP contribution in [0.3, 0.4) is 0 Å². The number of hydrogen-bond donors (Lipinski definition) is 1. The normalized spacial score (nSPS) is 17.8. The van der Waals surface area contributed by atoms with E-state index < -0.39 is 0 Å². The lowest BCUT2D eigenvalue weighted by molar-refractivity contribution is 0.154. The number of rotatable bonds is 5. The van der Waals surface area contributed by atoms with E-state index in [0.717, 1.165) is 30.0 Å². The average molecular weight is 273 g/mol. The number of nitrogens with zero attached hydrogens (tertiary/aromatic N) is 1. The Morgan fingerprint density at radius 3 is 2.82 bits per heavy atom. The Kier molecular flexibility index (Phi) is 5.29. The van der Waals surface area contributed by atoms with Crippen LogP contribution >= 0.6 is 22.9 Å². The summed E-state index contributed by atoms with van der Waals surface area (Å²) in [5.74, 6) is 0. The SMILES string of the molecule is CCCN(Cc1ccsc1Cl)C1CCNCC1. The highest BCUT2D eigenvalue weighted by Crippen LogP contribution is 2.26. The second-order valence-electron chi connectivity index (χ2n) is 4.67. The van der Waals surface area contributed by atoms with Gasteiger partial charge in [0, 0.05) is 12.6 Å². The molecule has 0 bridgehead atoms. The largest absolute Gasteiger partial charge is 0.317 e. The van der Waals surface area contributed by atoms with Crippen molar-refractivity contribution in [1.82, 2.24) is 10.2 Å². The molecule has 0 radical (unpaired) electrons. The molecular weight excluding hydrogens is 252 g/mol. The Morgan fingerprint density at radius 1 is 1.47 bits per heavy atom. The molecule has 0 amide bonds. The van der Waals surface area contributed by atoms with Crippen molar-refractivity contribution in [1.29, 1.82) is 0 Å². The van der Waals surface area contributed by atoms with Crippen LogP contribution in [0, 0.1) is 0 Å². The van der Waals surface area contributed by atoms with Gasteiger partial charge in [0.2, 0.25) is 0 Å². The second-order valence-corrected chi connectivity index (χ2v) is 6.19. The summed E-state index contributed by atoms with van der Waals surface area (Å²) >= 11 is 7.84. The van der Waals surface area contributed by atoms with Crippen molar-refractivity contribution in [3.8, 4) is 0 Å². The molecule has 0 aromatic carbocycles. The van der Waals surface area contributed by atoms with Crippen molar-refractivity contribution in [3.63, 3.8) is 0 Å². The van der Waals surface area contributed by atoms with Gasteiger partial charge in [0.05, 0.1) is 4.34 Å². The topological polar surface area (TPSA) is 15.3 Å². The van der Waals surface area contributed by atoms with E-state index in [1.807, 2.05) is 0 Å². The van der Waals surface area contributed by atoms with Gasteiger partial charge in [-0.15, -0.1) is 11.3 Å². The summed E-state index contributed by atoms with van der Waals surface area (Å²) in [5, 5.41) is 5.52. The van der Waals surface area contributed by atoms with Crippen LogP contribution in [0.2, 0.25) is 4.34 Å². The van der Waals surface area contributed by atoms with E-state index in [1.165, 1.54) is 31.4 Å². The van der Waals surface area contributed by atoms with Crippen LogP contribution in [0.15, 0.2) is 11.4 Å². The molecule has 0 spiro atoms. The van der Waals surface area contributed by atoms with Gasteiger partial charge in [0.25, 0.3) is 0 Å². The van der Waals surface area contributed by atoms with Crippen LogP contribution < -0.4 is 5.32 Å². The predicted molar refractivity (Wildman–Crippen MR) is 75.9 cm³/mol. The third kappa shape index (κ3) is 3.68. The van der Waals surface area contributed by atoms with E-state index in [2.05, 4.69) is 28.6 Å². The summed E-state index contributed by atoms with van der Waals surface area (Å²) in [7, 11) is 0. The van der Waals surface area contributed by atoms with E-state index in [1.54, 1.807) is 11.3 Å². The van der Waals surface area contributed by atoms with Gasteiger partial charge in [0.15, 0.2) is 0 Å². The van der Waals surface area contributed by atoms with Gasteiger partial charge in [-0.3, -0.25) is 4.90 Å². The maximum absolute atomic E-state index is 6.20. The monoisotopic (exact) mass is 272 g/mol. The molecule has 1 saturated heterocycles. The van der Waals surface area contributed by atoms with Crippen LogP contribution in [-0.2, 0) is 6.54 Å². The molecule has 0 atom stereocenters. The first-order valence-corrected chi connectivity index (χ1v) is 7.73. The first-order valence-electron chi connectivity index (χ1n) is 6.48. The Balaban J connectivity index is 1.98. The van der Waals surface area contributed by atoms with Crippen LogP contribution in [0.1, 0.15) is 31.7 Å². The molecule has 1 aromatic heterocycles. The van der Waals surface area contributed by atoms with Gasteiger partial charge >= 0.3 is 0 Å². The molecule has 0 unspecified atom stereocenters. The summed E-state index contributed by atoms with van der Waals surface area (Å²) in [6.45, 7) is 6.76. The van der Waals surface area contributed by atoms with Crippen LogP contribution in [0.25, 0.3) is 0 Å². The van der Waals surface area contributed by atoms with Gasteiger partial charge < -0.3 is 5.32 Å². The summed E-state index contributed by atoms with van der Waals surface area (Å²) in [6, 6.07) is 2.89. The quantitative estimate of drug-likeness (QED) is 0.884. The molecule has 1 aliphatic rings. The number of halogens is 1. The third-order valence-corrected chi connectivity index (χ3v) is 4.65. The minimum atomic E-state index is 0.729. The minimum Gasteiger partial charge on any atom is -0.317 e. The summed E-state index contributed by atoms with van der Waals surface area (Å²) in [6.07, 6.45) is 3.75. The molecule has 2 rings (SSSR count). The van der Waals surface area contributed by atoms with Gasteiger partial charge in [-0.05, 0) is 55.9 Å². The van der Waals surface area contributed by atoms with Crippen molar-refractivity contribution >= 4 is 22.9 Å². The van der Waals surface area contributed by atoms with Crippen molar-refractivity contribution in [2.45, 2.75) is 38.8 Å². The van der Waals surface area contributed by atoms with E-state index in [0.29, 0.717) is 0 Å². The molecule has 17 heavy (non-hydrogen) atoms. The fourth-order valence-corrected chi connectivity index (χ4v) is 3.41. The zero-order valence-electron chi connectivity index (χ0n) is 10.4. The van der Waals surface area contributed by atoms with Crippen molar-refractivity contribution < 1.29 is 0 Å². The van der Waals surface area contributed by atoms with E-state index in [-0.39, 0.29) is 0 Å². The summed E-state index contributed by atoms with van der Waals surface area (Å²) < 4.78 is 0.958. The van der Waals surface area contributed by atoms with Gasteiger partial charge in [0.1, 0.15) is 0 Å². The molecule has 1 N–H and O–H groups in total. The van der Waals surface area contributed by atoms with Gasteiger partial charge in [-0.1, -0.05) is 18.5 Å². The van der Waals surface area contributed by atoms with Crippen molar-refractivity contribution in [3.05, 3.63) is 21.3 Å². The zero-order chi connectivity index (χ0) is 12.1. The fraction of sp³-hybridized carbons (Fsp3) is 0.692. The Morgan fingerprint density at radius 2 is 2.24 bits per heavy atom. The molecule has 2 heterocycles. The molecule has 0 saturated carbocycles. The first kappa shape index (κ1) is 13.3. The van der Waals surface area contributed by atoms with E-state index in [9.17, 15) is 0 Å². The van der Waals surface area contributed by atoms with Crippen molar-refractivity contribution in [2.24, 2.45) is 0 Å². The van der Waals surface area contributed by atoms with Crippen LogP contribution in [-0.4, -0.2) is 30.6 Å². The third-order valence-electron chi connectivity index (χ3n) is 3.40. The molecule has 0 aliphatic carbocycles. The number of thiophene rings is 1. The smallest absolute Gasteiger partial charge is 0.0973 e. The maximum atomic E-state index is 6.20. The Bertz CT molecular complexity index is 334. The number of hydrogen-bond acceptors (Lipinski definition) is 3. The van der Waals surface area contributed by atoms with Crippen molar-refractivity contribution in [2.75, 3.05) is 19.6 Å². The lowest BCUT2D eigenvalue weighted by Crippen LogP contribution is -2.43. The molecular formula is C13H21ClN2S. The Labute approximate surface area is 113 Å². The highest BCUT2D eigenvalue weighted by atomic mass is 35.5. The number of nitrogens with one attached hydrogen (secondary N) is 1. The summed E-state index contributed by atoms with van der Waals surface area (Å²) in [4.78, 5) is 2.61. The highest BCUT2D eigenvalue weighted by Gasteiger charge is 2.21. The van der Waals surface area contributed by atoms with Crippen LogP contribution in [0.5, 0.6) is 0 Å². The molecule has 1 fully saturated rings. The first-order chi connectivity index (χ1) is 8.31. The lowest BCUT2D eigenvalue weighted by Gasteiger charge is -2.34. The predicted octanol–water partition coefficient (Wildman–Crippen LogP) is 3.37. The van der Waals surface area contributed by atoms with Gasteiger partial charge in [-0.2, -0.15) is 0 Å². The highest BCUT2D eigenvalue weighted by molar-refractivity contribution is 7.14. The minimum absolute atomic E-state index is 0.729. The standard InChI is InChI=1S/C13H21ClN2S/c1-2-8-16(12-3-6-15-7-4-12)10-11-5-9-17-13(11)14/h5,9,12,15H,2-4,6-8,10H2,1H3. The number of piperidine rings is 1. The lowest BCUT2D eigenvalue weighted by atomic mass is 10.0. The second kappa shape index (κ2) is 6.74. The summed E-state index contributed by atoms with van der Waals surface area (Å²) in [5.41, 5.74) is 1.30. The molecule has 1 aromatic rings. The molecule has 1 aliphatic heterocycles. The molecule has 96 valence electrons. The van der Waals surface area contributed by atoms with E-state index in [4.69, 9.17) is 11.6 Å². The molecule has 2 nitrogen and oxygen atoms in total. The van der Waals surface area contributed by atoms with Crippen LogP contribution in [0.4, 0.5) is 0 Å². The Hall–Kier alpha value is -0.0900. The maximum Gasteiger partial charge on any atom is 0.0973 e. The zero-order valence-corrected chi connectivity index (χ0v) is 12.0. The molecule has 4 heteroatoms.